The zero-order valence-corrected chi connectivity index (χ0v) is 12.7. The van der Waals surface area contributed by atoms with Gasteiger partial charge in [0.1, 0.15) is 0 Å². The van der Waals surface area contributed by atoms with Gasteiger partial charge >= 0.3 is 0 Å². The number of rotatable bonds is 4. The lowest BCUT2D eigenvalue weighted by Crippen LogP contribution is -2.29. The third kappa shape index (κ3) is 2.92. The molecule has 0 spiro atoms. The Morgan fingerprint density at radius 2 is 2.11 bits per heavy atom. The van der Waals surface area contributed by atoms with E-state index in [1.54, 1.807) is 0 Å². The summed E-state index contributed by atoms with van der Waals surface area (Å²) in [6, 6.07) is 2.05. The number of ether oxygens (including phenoxy) is 1. The van der Waals surface area contributed by atoms with Gasteiger partial charge < -0.3 is 9.30 Å². The highest BCUT2D eigenvalue weighted by atomic mass is 16.5. The normalized spacial score (nSPS) is 19.3. The number of Topliss-reactive ketones (excluding diaryl/α,β-unsaturated/α-hetero) is 1. The molecule has 0 amide bonds. The molecule has 2 rings (SSSR count). The van der Waals surface area contributed by atoms with Gasteiger partial charge in [0.15, 0.2) is 5.78 Å². The Morgan fingerprint density at radius 3 is 2.74 bits per heavy atom. The van der Waals surface area contributed by atoms with Gasteiger partial charge in [-0.25, -0.2) is 0 Å². The molecule has 1 unspecified atom stereocenters. The number of hydrogen-bond acceptors (Lipinski definition) is 2. The first kappa shape index (κ1) is 14.3. The maximum Gasteiger partial charge on any atom is 0.165 e. The Labute approximate surface area is 115 Å². The van der Waals surface area contributed by atoms with Gasteiger partial charge in [-0.1, -0.05) is 13.8 Å². The maximum atomic E-state index is 12.2. The maximum absolute atomic E-state index is 12.2. The highest BCUT2D eigenvalue weighted by Crippen LogP contribution is 2.36. The molecule has 0 bridgehead atoms. The van der Waals surface area contributed by atoms with Crippen LogP contribution in [0.15, 0.2) is 6.07 Å². The van der Waals surface area contributed by atoms with Crippen molar-refractivity contribution in [1.29, 1.82) is 0 Å². The van der Waals surface area contributed by atoms with Crippen LogP contribution in [0.2, 0.25) is 0 Å². The Kier molecular flexibility index (Phi) is 3.86. The zero-order chi connectivity index (χ0) is 14.2. The predicted molar refractivity (Wildman–Crippen MR) is 76.7 cm³/mol. The van der Waals surface area contributed by atoms with E-state index in [9.17, 15) is 4.79 Å². The molecule has 0 aromatic carbocycles. The van der Waals surface area contributed by atoms with Crippen LogP contribution >= 0.6 is 0 Å². The van der Waals surface area contributed by atoms with Crippen LogP contribution in [-0.4, -0.2) is 23.1 Å². The van der Waals surface area contributed by atoms with E-state index in [4.69, 9.17) is 4.74 Å². The Bertz CT molecular complexity index is 485. The number of ketones is 1. The predicted octanol–water partition coefficient (Wildman–Crippen LogP) is 3.38. The number of aromatic nitrogens is 1. The van der Waals surface area contributed by atoms with E-state index in [1.165, 1.54) is 11.4 Å². The second-order valence-corrected chi connectivity index (χ2v) is 6.46. The molecule has 1 heterocycles. The van der Waals surface area contributed by atoms with Gasteiger partial charge in [0.2, 0.25) is 0 Å². The molecule has 19 heavy (non-hydrogen) atoms. The van der Waals surface area contributed by atoms with Crippen LogP contribution < -0.4 is 0 Å². The van der Waals surface area contributed by atoms with Crippen molar-refractivity contribution >= 4 is 5.78 Å². The minimum Gasteiger partial charge on any atom is -0.377 e. The van der Waals surface area contributed by atoms with Crippen molar-refractivity contribution in [2.24, 2.45) is 5.41 Å². The average Bonchev–Trinajstić information content (AvgIpc) is 2.56. The lowest BCUT2D eigenvalue weighted by atomic mass is 9.76. The standard InChI is InChI=1S/C16H25NO2/c1-6-19-12(3)10-17-11(2)7-13-14(17)8-16(4,5)9-15(13)18/h7,12H,6,8-10H2,1-5H3. The lowest BCUT2D eigenvalue weighted by molar-refractivity contribution is 0.0623. The van der Waals surface area contributed by atoms with Crippen LogP contribution in [0, 0.1) is 12.3 Å². The number of fused-ring (bicyclic) bond motifs is 1. The number of carbonyl (C=O) groups excluding carboxylic acids is 1. The van der Waals surface area contributed by atoms with Gasteiger partial charge in [0.05, 0.1) is 6.10 Å². The van der Waals surface area contributed by atoms with Gasteiger partial charge in [-0.2, -0.15) is 0 Å². The van der Waals surface area contributed by atoms with Gasteiger partial charge in [-0.05, 0) is 38.7 Å². The van der Waals surface area contributed by atoms with Crippen LogP contribution in [-0.2, 0) is 17.7 Å². The molecule has 1 aromatic heterocycles. The summed E-state index contributed by atoms with van der Waals surface area (Å²) in [5, 5.41) is 0. The SMILES string of the molecule is CCOC(C)Cn1c(C)cc2c1CC(C)(C)CC2=O. The van der Waals surface area contributed by atoms with E-state index >= 15 is 0 Å². The summed E-state index contributed by atoms with van der Waals surface area (Å²) < 4.78 is 7.91. The fourth-order valence-electron chi connectivity index (χ4n) is 3.05. The third-order valence-corrected chi connectivity index (χ3v) is 3.89. The summed E-state index contributed by atoms with van der Waals surface area (Å²) in [6.45, 7) is 12.1. The summed E-state index contributed by atoms with van der Waals surface area (Å²) >= 11 is 0. The molecule has 0 fully saturated rings. The van der Waals surface area contributed by atoms with Crippen LogP contribution in [0.4, 0.5) is 0 Å². The second-order valence-electron chi connectivity index (χ2n) is 6.46. The van der Waals surface area contributed by atoms with E-state index in [-0.39, 0.29) is 17.3 Å². The van der Waals surface area contributed by atoms with E-state index in [0.717, 1.165) is 25.1 Å². The van der Waals surface area contributed by atoms with Gasteiger partial charge in [-0.15, -0.1) is 0 Å². The van der Waals surface area contributed by atoms with Gasteiger partial charge in [0, 0.05) is 36.5 Å². The van der Waals surface area contributed by atoms with E-state index in [0.29, 0.717) is 6.42 Å². The molecule has 0 N–H and O–H groups in total. The first-order valence-corrected chi connectivity index (χ1v) is 7.18. The van der Waals surface area contributed by atoms with Crippen LogP contribution in [0.5, 0.6) is 0 Å². The van der Waals surface area contributed by atoms with Crippen molar-refractivity contribution in [3.8, 4) is 0 Å². The molecular weight excluding hydrogens is 238 g/mol. The average molecular weight is 263 g/mol. The van der Waals surface area contributed by atoms with Gasteiger partial charge in [-0.3, -0.25) is 4.79 Å². The molecule has 1 aliphatic rings. The van der Waals surface area contributed by atoms with Gasteiger partial charge in [0.25, 0.3) is 0 Å². The smallest absolute Gasteiger partial charge is 0.165 e. The van der Waals surface area contributed by atoms with Crippen molar-refractivity contribution in [2.45, 2.75) is 60.1 Å². The highest BCUT2D eigenvalue weighted by molar-refractivity contribution is 5.99. The van der Waals surface area contributed by atoms with Crippen molar-refractivity contribution in [3.05, 3.63) is 23.0 Å². The minimum atomic E-state index is 0.0709. The second kappa shape index (κ2) is 5.12. The summed E-state index contributed by atoms with van der Waals surface area (Å²) in [7, 11) is 0. The highest BCUT2D eigenvalue weighted by Gasteiger charge is 2.33. The summed E-state index contributed by atoms with van der Waals surface area (Å²) in [6.07, 6.45) is 1.81. The minimum absolute atomic E-state index is 0.0709. The fraction of sp³-hybridized carbons (Fsp3) is 0.688. The molecule has 0 aliphatic heterocycles. The Morgan fingerprint density at radius 1 is 1.42 bits per heavy atom. The van der Waals surface area contributed by atoms with Crippen molar-refractivity contribution in [1.82, 2.24) is 4.57 Å². The van der Waals surface area contributed by atoms with E-state index in [2.05, 4.69) is 32.3 Å². The first-order valence-electron chi connectivity index (χ1n) is 7.18. The summed E-state index contributed by atoms with van der Waals surface area (Å²) in [5.41, 5.74) is 3.37. The van der Waals surface area contributed by atoms with Crippen molar-refractivity contribution < 1.29 is 9.53 Å². The van der Waals surface area contributed by atoms with E-state index < -0.39 is 0 Å². The number of aryl methyl sites for hydroxylation is 1. The van der Waals surface area contributed by atoms with Crippen LogP contribution in [0.1, 0.15) is 55.9 Å². The monoisotopic (exact) mass is 263 g/mol. The van der Waals surface area contributed by atoms with Crippen molar-refractivity contribution in [3.63, 3.8) is 0 Å². The molecular formula is C16H25NO2. The van der Waals surface area contributed by atoms with Crippen molar-refractivity contribution in [2.75, 3.05) is 6.61 Å². The molecule has 1 aromatic rings. The number of carbonyl (C=O) groups is 1. The molecule has 3 nitrogen and oxygen atoms in total. The Hall–Kier alpha value is -1.09. The van der Waals surface area contributed by atoms with Crippen LogP contribution in [0.3, 0.4) is 0 Å². The summed E-state index contributed by atoms with van der Waals surface area (Å²) in [5.74, 6) is 0.289. The molecule has 106 valence electrons. The number of hydrogen-bond donors (Lipinski definition) is 0. The molecule has 0 radical (unpaired) electrons. The number of nitrogens with zero attached hydrogens (tertiary/aromatic N) is 1. The summed E-state index contributed by atoms with van der Waals surface area (Å²) in [4.78, 5) is 12.2. The molecule has 1 aliphatic carbocycles. The van der Waals surface area contributed by atoms with Crippen LogP contribution in [0.25, 0.3) is 0 Å². The first-order chi connectivity index (χ1) is 8.84. The van der Waals surface area contributed by atoms with E-state index in [1.807, 2.05) is 13.0 Å². The largest absolute Gasteiger partial charge is 0.377 e. The molecule has 0 saturated heterocycles. The fourth-order valence-corrected chi connectivity index (χ4v) is 3.05. The molecule has 3 heteroatoms. The molecule has 0 saturated carbocycles. The zero-order valence-electron chi connectivity index (χ0n) is 12.7. The quantitative estimate of drug-likeness (QED) is 0.834. The topological polar surface area (TPSA) is 31.2 Å². The third-order valence-electron chi connectivity index (χ3n) is 3.89. The lowest BCUT2D eigenvalue weighted by Gasteiger charge is -2.30. The Balaban J connectivity index is 2.33. The molecule has 1 atom stereocenters.